The van der Waals surface area contributed by atoms with E-state index in [1.807, 2.05) is 19.2 Å². The van der Waals surface area contributed by atoms with Crippen molar-refractivity contribution in [2.45, 2.75) is 19.9 Å². The Hall–Kier alpha value is -0.0500. The summed E-state index contributed by atoms with van der Waals surface area (Å²) in [7, 11) is 0. The van der Waals surface area contributed by atoms with Gasteiger partial charge in [0.1, 0.15) is 0 Å². The Labute approximate surface area is 69.8 Å². The summed E-state index contributed by atoms with van der Waals surface area (Å²) in [5.74, 6) is 0. The first-order valence-corrected chi connectivity index (χ1v) is 4.37. The van der Waals surface area contributed by atoms with Crippen LogP contribution in [0.25, 0.3) is 0 Å². The van der Waals surface area contributed by atoms with Gasteiger partial charge in [0.15, 0.2) is 0 Å². The smallest absolute Gasteiger partial charge is 0.0590 e. The molecule has 0 fully saturated rings. The average Bonchev–Trinajstić information content (AvgIpc) is 2.14. The van der Waals surface area contributed by atoms with Crippen molar-refractivity contribution in [1.82, 2.24) is 0 Å². The van der Waals surface area contributed by atoms with Gasteiger partial charge in [0, 0.05) is 10.9 Å². The third kappa shape index (κ3) is 1.34. The van der Waals surface area contributed by atoms with E-state index < -0.39 is 0 Å². The van der Waals surface area contributed by atoms with Crippen LogP contribution in [0, 0.1) is 6.92 Å². The van der Waals surface area contributed by atoms with Gasteiger partial charge in [0.2, 0.25) is 0 Å². The molecule has 1 nitrogen and oxygen atoms in total. The van der Waals surface area contributed by atoms with Crippen molar-refractivity contribution in [3.05, 3.63) is 20.8 Å². The molecule has 1 heterocycles. The fourth-order valence-corrected chi connectivity index (χ4v) is 2.08. The molecule has 0 aliphatic carbocycles. The molecule has 56 valence electrons. The van der Waals surface area contributed by atoms with Gasteiger partial charge in [0.25, 0.3) is 0 Å². The van der Waals surface area contributed by atoms with Crippen molar-refractivity contribution >= 4 is 22.9 Å². The molecule has 0 bridgehead atoms. The molecule has 0 amide bonds. The predicted molar refractivity (Wildman–Crippen MR) is 46.7 cm³/mol. The molecular weight excluding hydrogens is 166 g/mol. The van der Waals surface area contributed by atoms with E-state index in [2.05, 4.69) is 0 Å². The SMILES string of the molecule is Cc1csc(C(C)N)c1Cl. The van der Waals surface area contributed by atoms with Crippen LogP contribution in [0.3, 0.4) is 0 Å². The molecule has 0 spiro atoms. The highest BCUT2D eigenvalue weighted by Gasteiger charge is 2.08. The number of rotatable bonds is 1. The van der Waals surface area contributed by atoms with Gasteiger partial charge < -0.3 is 5.73 Å². The van der Waals surface area contributed by atoms with E-state index in [4.69, 9.17) is 17.3 Å². The molecule has 10 heavy (non-hydrogen) atoms. The van der Waals surface area contributed by atoms with Gasteiger partial charge in [-0.1, -0.05) is 11.6 Å². The van der Waals surface area contributed by atoms with Crippen molar-refractivity contribution < 1.29 is 0 Å². The summed E-state index contributed by atoms with van der Waals surface area (Å²) < 4.78 is 0. The first-order valence-electron chi connectivity index (χ1n) is 3.12. The first-order chi connectivity index (χ1) is 4.63. The van der Waals surface area contributed by atoms with Crippen molar-refractivity contribution in [1.29, 1.82) is 0 Å². The number of halogens is 1. The molecule has 1 unspecified atom stereocenters. The fourth-order valence-electron chi connectivity index (χ4n) is 0.757. The van der Waals surface area contributed by atoms with Crippen LogP contribution < -0.4 is 5.73 Å². The topological polar surface area (TPSA) is 26.0 Å². The molecule has 1 atom stereocenters. The third-order valence-corrected chi connectivity index (χ3v) is 3.25. The van der Waals surface area contributed by atoms with Crippen LogP contribution >= 0.6 is 22.9 Å². The Morgan fingerprint density at radius 3 is 2.50 bits per heavy atom. The molecule has 1 aromatic heterocycles. The number of hydrogen-bond donors (Lipinski definition) is 1. The highest BCUT2D eigenvalue weighted by Crippen LogP contribution is 2.30. The molecule has 3 heteroatoms. The van der Waals surface area contributed by atoms with Gasteiger partial charge in [-0.05, 0) is 24.8 Å². The quantitative estimate of drug-likeness (QED) is 0.698. The summed E-state index contributed by atoms with van der Waals surface area (Å²) in [6.07, 6.45) is 0. The second-order valence-electron chi connectivity index (χ2n) is 2.39. The Kier molecular flexibility index (Phi) is 2.34. The van der Waals surface area contributed by atoms with Crippen LogP contribution in [0.2, 0.25) is 5.02 Å². The average molecular weight is 176 g/mol. The zero-order valence-electron chi connectivity index (χ0n) is 6.02. The normalized spacial score (nSPS) is 13.6. The third-order valence-electron chi connectivity index (χ3n) is 1.34. The van der Waals surface area contributed by atoms with Gasteiger partial charge >= 0.3 is 0 Å². The highest BCUT2D eigenvalue weighted by atomic mass is 35.5. The largest absolute Gasteiger partial charge is 0.323 e. The Morgan fingerprint density at radius 1 is 1.70 bits per heavy atom. The van der Waals surface area contributed by atoms with Crippen molar-refractivity contribution in [2.75, 3.05) is 0 Å². The summed E-state index contributed by atoms with van der Waals surface area (Å²) >= 11 is 7.56. The number of hydrogen-bond acceptors (Lipinski definition) is 2. The Morgan fingerprint density at radius 2 is 2.30 bits per heavy atom. The molecule has 1 aromatic rings. The number of nitrogens with two attached hydrogens (primary N) is 1. The maximum Gasteiger partial charge on any atom is 0.0590 e. The summed E-state index contributed by atoms with van der Waals surface area (Å²) in [5, 5.41) is 2.86. The number of thiophene rings is 1. The van der Waals surface area contributed by atoms with E-state index >= 15 is 0 Å². The predicted octanol–water partition coefficient (Wildman–Crippen LogP) is 2.73. The molecule has 0 aromatic carbocycles. The van der Waals surface area contributed by atoms with E-state index in [1.54, 1.807) is 11.3 Å². The molecule has 0 radical (unpaired) electrons. The van der Waals surface area contributed by atoms with Gasteiger partial charge in [-0.25, -0.2) is 0 Å². The lowest BCUT2D eigenvalue weighted by molar-refractivity contribution is 0.838. The van der Waals surface area contributed by atoms with Gasteiger partial charge in [-0.2, -0.15) is 0 Å². The van der Waals surface area contributed by atoms with E-state index in [0.29, 0.717) is 0 Å². The van der Waals surface area contributed by atoms with E-state index in [9.17, 15) is 0 Å². The van der Waals surface area contributed by atoms with Crippen molar-refractivity contribution in [2.24, 2.45) is 5.73 Å². The minimum absolute atomic E-state index is 0.0613. The first kappa shape index (κ1) is 8.05. The molecule has 0 aliphatic heterocycles. The lowest BCUT2D eigenvalue weighted by Gasteiger charge is -2.00. The van der Waals surface area contributed by atoms with Gasteiger partial charge in [-0.15, -0.1) is 11.3 Å². The molecule has 1 rings (SSSR count). The van der Waals surface area contributed by atoms with E-state index in [1.165, 1.54) is 0 Å². The lowest BCUT2D eigenvalue weighted by atomic mass is 10.2. The zero-order valence-corrected chi connectivity index (χ0v) is 7.59. The van der Waals surface area contributed by atoms with Crippen molar-refractivity contribution in [3.8, 4) is 0 Å². The van der Waals surface area contributed by atoms with Crippen molar-refractivity contribution in [3.63, 3.8) is 0 Å². The molecule has 0 aliphatic rings. The zero-order chi connectivity index (χ0) is 7.72. The van der Waals surface area contributed by atoms with Gasteiger partial charge in [0.05, 0.1) is 5.02 Å². The minimum Gasteiger partial charge on any atom is -0.323 e. The standard InChI is InChI=1S/C7H10ClNS/c1-4-3-10-7(5(2)9)6(4)8/h3,5H,9H2,1-2H3. The highest BCUT2D eigenvalue weighted by molar-refractivity contribution is 7.10. The van der Waals surface area contributed by atoms with Crippen LogP contribution in [0.5, 0.6) is 0 Å². The summed E-state index contributed by atoms with van der Waals surface area (Å²) in [6.45, 7) is 3.93. The molecular formula is C7H10ClNS. The summed E-state index contributed by atoms with van der Waals surface area (Å²) in [5.41, 5.74) is 6.78. The Balaban J connectivity index is 3.05. The summed E-state index contributed by atoms with van der Waals surface area (Å²) in [4.78, 5) is 1.08. The maximum atomic E-state index is 5.93. The fraction of sp³-hybridized carbons (Fsp3) is 0.429. The monoisotopic (exact) mass is 175 g/mol. The molecule has 0 saturated heterocycles. The van der Waals surface area contributed by atoms with E-state index in [0.717, 1.165) is 15.5 Å². The van der Waals surface area contributed by atoms with E-state index in [-0.39, 0.29) is 6.04 Å². The van der Waals surface area contributed by atoms with Crippen LogP contribution in [0.1, 0.15) is 23.4 Å². The molecule has 0 saturated carbocycles. The van der Waals surface area contributed by atoms with Crippen LogP contribution in [-0.4, -0.2) is 0 Å². The van der Waals surface area contributed by atoms with Gasteiger partial charge in [-0.3, -0.25) is 0 Å². The second-order valence-corrected chi connectivity index (χ2v) is 3.67. The van der Waals surface area contributed by atoms with Crippen LogP contribution in [-0.2, 0) is 0 Å². The Bertz CT molecular complexity index is 230. The van der Waals surface area contributed by atoms with Crippen LogP contribution in [0.4, 0.5) is 0 Å². The minimum atomic E-state index is 0.0613. The second kappa shape index (κ2) is 2.91. The molecule has 2 N–H and O–H groups in total. The maximum absolute atomic E-state index is 5.93. The lowest BCUT2D eigenvalue weighted by Crippen LogP contribution is -2.02. The van der Waals surface area contributed by atoms with Crippen LogP contribution in [0.15, 0.2) is 5.38 Å². The summed E-state index contributed by atoms with van der Waals surface area (Å²) in [6, 6.07) is 0.0613. The number of aryl methyl sites for hydroxylation is 1.